The first kappa shape index (κ1) is 25.8. The second-order valence-electron chi connectivity index (χ2n) is 9.35. The van der Waals surface area contributed by atoms with Gasteiger partial charge in [0.15, 0.2) is 0 Å². The van der Waals surface area contributed by atoms with Crippen molar-refractivity contribution in [2.24, 2.45) is 12.8 Å². The van der Waals surface area contributed by atoms with Crippen LogP contribution < -0.4 is 25.8 Å². The molecule has 2 aromatic carbocycles. The molecule has 0 atom stereocenters. The van der Waals surface area contributed by atoms with E-state index in [1.807, 2.05) is 26.8 Å². The van der Waals surface area contributed by atoms with E-state index in [4.69, 9.17) is 26.8 Å². The number of hydrogen-bond acceptors (Lipinski definition) is 6. The van der Waals surface area contributed by atoms with Gasteiger partial charge < -0.3 is 20.5 Å². The van der Waals surface area contributed by atoms with Gasteiger partial charge in [0.25, 0.3) is 5.91 Å². The van der Waals surface area contributed by atoms with Crippen molar-refractivity contribution in [3.8, 4) is 17.2 Å². The highest BCUT2D eigenvalue weighted by molar-refractivity contribution is 6.34. The fourth-order valence-electron chi connectivity index (χ4n) is 3.61. The minimum absolute atomic E-state index is 0.152. The highest BCUT2D eigenvalue weighted by atomic mass is 35.5. The van der Waals surface area contributed by atoms with Crippen molar-refractivity contribution in [3.63, 3.8) is 0 Å². The molecule has 4 N–H and O–H groups in total. The number of carbonyl (C=O) groups excluding carboxylic acids is 2. The Morgan fingerprint density at radius 2 is 1.81 bits per heavy atom. The van der Waals surface area contributed by atoms with Gasteiger partial charge in [0.05, 0.1) is 34.6 Å². The van der Waals surface area contributed by atoms with E-state index in [-0.39, 0.29) is 16.0 Å². The van der Waals surface area contributed by atoms with Gasteiger partial charge in [-0.25, -0.2) is 4.79 Å². The monoisotopic (exact) mass is 522 g/mol. The summed E-state index contributed by atoms with van der Waals surface area (Å²) >= 11 is 6.43. The Kier molecular flexibility index (Phi) is 6.95. The third-order valence-electron chi connectivity index (χ3n) is 5.59. The molecule has 3 amide bonds. The first-order valence-electron chi connectivity index (χ1n) is 11.3. The maximum Gasteiger partial charge on any atom is 0.324 e. The number of halogens is 1. The summed E-state index contributed by atoms with van der Waals surface area (Å²) in [5.74, 6) is 1.10. The van der Waals surface area contributed by atoms with Crippen LogP contribution >= 0.6 is 11.6 Å². The highest BCUT2D eigenvalue weighted by Gasteiger charge is 2.20. The summed E-state index contributed by atoms with van der Waals surface area (Å²) in [5.41, 5.74) is 7.36. The molecule has 0 aliphatic carbocycles. The van der Waals surface area contributed by atoms with E-state index >= 15 is 0 Å². The smallest absolute Gasteiger partial charge is 0.324 e. The number of benzene rings is 2. The molecular formula is C26H27ClN6O4. The Bertz CT molecular complexity index is 1510. The average Bonchev–Trinajstić information content (AvgIpc) is 3.20. The molecule has 0 unspecified atom stereocenters. The molecule has 192 valence electrons. The molecule has 0 aliphatic rings. The molecule has 4 aromatic rings. The predicted molar refractivity (Wildman–Crippen MR) is 143 cm³/mol. The molecule has 0 fully saturated rings. The van der Waals surface area contributed by atoms with Gasteiger partial charge in [-0.2, -0.15) is 5.10 Å². The Morgan fingerprint density at radius 3 is 2.43 bits per heavy atom. The largest absolute Gasteiger partial charge is 0.496 e. The molecule has 0 bridgehead atoms. The van der Waals surface area contributed by atoms with Gasteiger partial charge in [-0.15, -0.1) is 0 Å². The van der Waals surface area contributed by atoms with E-state index in [2.05, 4.69) is 20.7 Å². The van der Waals surface area contributed by atoms with Crippen molar-refractivity contribution < 1.29 is 19.1 Å². The summed E-state index contributed by atoms with van der Waals surface area (Å²) in [6.07, 6.45) is 1.58. The van der Waals surface area contributed by atoms with Crippen LogP contribution in [0.5, 0.6) is 17.2 Å². The van der Waals surface area contributed by atoms with Crippen LogP contribution in [0.2, 0.25) is 5.02 Å². The molecular weight excluding hydrogens is 496 g/mol. The molecule has 37 heavy (non-hydrogen) atoms. The first-order chi connectivity index (χ1) is 17.5. The van der Waals surface area contributed by atoms with E-state index in [0.717, 1.165) is 5.69 Å². The zero-order chi connectivity index (χ0) is 26.9. The predicted octanol–water partition coefficient (Wildman–Crippen LogP) is 5.46. The Morgan fingerprint density at radius 1 is 1.05 bits per heavy atom. The van der Waals surface area contributed by atoms with Gasteiger partial charge in [0, 0.05) is 42.2 Å². The molecule has 0 radical (unpaired) electrons. The highest BCUT2D eigenvalue weighted by Crippen LogP contribution is 2.35. The lowest BCUT2D eigenvalue weighted by Crippen LogP contribution is -2.21. The van der Waals surface area contributed by atoms with Crippen LogP contribution in [0.3, 0.4) is 0 Å². The number of anilines is 2. The Balaban J connectivity index is 1.52. The number of carbonyl (C=O) groups is 2. The molecule has 0 aliphatic heterocycles. The van der Waals surface area contributed by atoms with Crippen LogP contribution in [0.25, 0.3) is 10.9 Å². The zero-order valence-corrected chi connectivity index (χ0v) is 21.8. The van der Waals surface area contributed by atoms with Crippen molar-refractivity contribution in [3.05, 3.63) is 64.9 Å². The van der Waals surface area contributed by atoms with Gasteiger partial charge >= 0.3 is 6.03 Å². The number of fused-ring (bicyclic) bond motifs is 1. The standard InChI is InChI=1S/C26H27ClN6O4/c1-26(2,3)22-13-23(33(4)32-22)31-25(35)30-18-7-6-14(10-17(18)27)37-20-8-9-29-19-12-21(36-5)16(24(28)34)11-15(19)20/h6-13H,1-5H3,(H2,28,34)(H2,30,31,35). The van der Waals surface area contributed by atoms with Crippen LogP contribution in [0, 0.1) is 0 Å². The number of ether oxygens (including phenoxy) is 2. The number of primary amides is 1. The van der Waals surface area contributed by atoms with Crippen LogP contribution in [0.4, 0.5) is 16.3 Å². The zero-order valence-electron chi connectivity index (χ0n) is 21.0. The average molecular weight is 523 g/mol. The minimum Gasteiger partial charge on any atom is -0.496 e. The lowest BCUT2D eigenvalue weighted by molar-refractivity contribution is 0.0997. The van der Waals surface area contributed by atoms with Gasteiger partial charge in [0.2, 0.25) is 0 Å². The molecule has 2 aromatic heterocycles. The summed E-state index contributed by atoms with van der Waals surface area (Å²) in [6, 6.07) is 11.1. The normalized spacial score (nSPS) is 11.3. The van der Waals surface area contributed by atoms with E-state index in [1.54, 1.807) is 54.3 Å². The van der Waals surface area contributed by atoms with Gasteiger partial charge in [-0.05, 0) is 24.3 Å². The van der Waals surface area contributed by atoms with Crippen molar-refractivity contribution in [2.75, 3.05) is 17.7 Å². The Labute approximate surface area is 218 Å². The number of nitrogens with one attached hydrogen (secondary N) is 2. The first-order valence-corrected chi connectivity index (χ1v) is 11.7. The lowest BCUT2D eigenvalue weighted by Gasteiger charge is -2.13. The fourth-order valence-corrected chi connectivity index (χ4v) is 3.82. The Hall–Kier alpha value is -4.31. The molecule has 2 heterocycles. The maximum atomic E-state index is 12.6. The number of urea groups is 1. The molecule has 11 heteroatoms. The molecule has 10 nitrogen and oxygen atoms in total. The maximum absolute atomic E-state index is 12.6. The number of methoxy groups -OCH3 is 1. The van der Waals surface area contributed by atoms with Crippen LogP contribution in [0.15, 0.2) is 48.7 Å². The summed E-state index contributed by atoms with van der Waals surface area (Å²) in [4.78, 5) is 28.8. The van der Waals surface area contributed by atoms with Crippen LogP contribution in [-0.4, -0.2) is 33.8 Å². The fraction of sp³-hybridized carbons (Fsp3) is 0.231. The summed E-state index contributed by atoms with van der Waals surface area (Å²) in [5, 5.41) is 10.8. The molecule has 0 spiro atoms. The second kappa shape index (κ2) is 9.98. The summed E-state index contributed by atoms with van der Waals surface area (Å²) < 4.78 is 12.9. The quantitative estimate of drug-likeness (QED) is 0.308. The van der Waals surface area contributed by atoms with E-state index in [1.165, 1.54) is 7.11 Å². The molecule has 4 rings (SSSR count). The topological polar surface area (TPSA) is 133 Å². The molecule has 0 saturated carbocycles. The van der Waals surface area contributed by atoms with Gasteiger partial charge in [-0.3, -0.25) is 19.8 Å². The summed E-state index contributed by atoms with van der Waals surface area (Å²) in [7, 11) is 3.21. The number of aromatic nitrogens is 3. The van der Waals surface area contributed by atoms with Crippen LogP contribution in [-0.2, 0) is 12.5 Å². The number of hydrogen-bond donors (Lipinski definition) is 3. The van der Waals surface area contributed by atoms with Crippen LogP contribution in [0.1, 0.15) is 36.8 Å². The number of rotatable bonds is 6. The third kappa shape index (κ3) is 5.59. The number of aryl methyl sites for hydroxylation is 1. The van der Waals surface area contributed by atoms with Crippen molar-refractivity contribution >= 4 is 45.9 Å². The number of nitrogens with two attached hydrogens (primary N) is 1. The van der Waals surface area contributed by atoms with Gasteiger partial charge in [0.1, 0.15) is 23.1 Å². The van der Waals surface area contributed by atoms with E-state index in [9.17, 15) is 9.59 Å². The number of pyridine rings is 1. The van der Waals surface area contributed by atoms with Crippen molar-refractivity contribution in [2.45, 2.75) is 26.2 Å². The molecule has 0 saturated heterocycles. The summed E-state index contributed by atoms with van der Waals surface area (Å²) in [6.45, 7) is 6.14. The minimum atomic E-state index is -0.633. The SMILES string of the molecule is COc1cc2nccc(Oc3ccc(NC(=O)Nc4cc(C(C)(C)C)nn4C)c(Cl)c3)c2cc1C(N)=O. The third-order valence-corrected chi connectivity index (χ3v) is 5.91. The van der Waals surface area contributed by atoms with Crippen molar-refractivity contribution in [1.29, 1.82) is 0 Å². The van der Waals surface area contributed by atoms with Gasteiger partial charge in [-0.1, -0.05) is 32.4 Å². The van der Waals surface area contributed by atoms with Crippen molar-refractivity contribution in [1.82, 2.24) is 14.8 Å². The number of nitrogens with zero attached hydrogens (tertiary/aromatic N) is 3. The second-order valence-corrected chi connectivity index (χ2v) is 9.76. The van der Waals surface area contributed by atoms with E-state index < -0.39 is 11.9 Å². The lowest BCUT2D eigenvalue weighted by atomic mass is 9.92. The van der Waals surface area contributed by atoms with E-state index in [0.29, 0.717) is 39.7 Å². The number of amides is 3.